The van der Waals surface area contributed by atoms with E-state index in [9.17, 15) is 9.59 Å². The van der Waals surface area contributed by atoms with Crippen LogP contribution in [-0.4, -0.2) is 48.4 Å². The number of carbonyl (C=O) groups excluding carboxylic acids is 2. The van der Waals surface area contributed by atoms with Gasteiger partial charge in [-0.25, -0.2) is 0 Å². The summed E-state index contributed by atoms with van der Waals surface area (Å²) in [6.45, 7) is 4.24. The van der Waals surface area contributed by atoms with Crippen LogP contribution >= 0.6 is 0 Å². The van der Waals surface area contributed by atoms with Gasteiger partial charge in [-0.2, -0.15) is 0 Å². The van der Waals surface area contributed by atoms with Crippen molar-refractivity contribution in [3.63, 3.8) is 0 Å². The van der Waals surface area contributed by atoms with E-state index in [1.807, 2.05) is 54.6 Å². The zero-order valence-electron chi connectivity index (χ0n) is 17.6. The molecule has 0 saturated carbocycles. The van der Waals surface area contributed by atoms with Gasteiger partial charge in [-0.3, -0.25) is 14.5 Å². The Hall–Kier alpha value is -3.08. The summed E-state index contributed by atoms with van der Waals surface area (Å²) in [7, 11) is 1.62. The number of hydrogen-bond acceptors (Lipinski definition) is 4. The maximum absolute atomic E-state index is 13.4. The minimum Gasteiger partial charge on any atom is -0.497 e. The highest BCUT2D eigenvalue weighted by molar-refractivity contribution is 6.35. The van der Waals surface area contributed by atoms with Crippen LogP contribution in [0.15, 0.2) is 60.3 Å². The van der Waals surface area contributed by atoms with Gasteiger partial charge in [-0.15, -0.1) is 0 Å². The van der Waals surface area contributed by atoms with Crippen LogP contribution in [0.5, 0.6) is 5.75 Å². The number of methoxy groups -OCH3 is 1. The fourth-order valence-corrected chi connectivity index (χ4v) is 4.20. The summed E-state index contributed by atoms with van der Waals surface area (Å²) in [6.07, 6.45) is 2.72. The van der Waals surface area contributed by atoms with E-state index in [-0.39, 0.29) is 11.8 Å². The summed E-state index contributed by atoms with van der Waals surface area (Å²) in [5.41, 5.74) is 2.96. The lowest BCUT2D eigenvalue weighted by Crippen LogP contribution is -2.39. The second-order valence-electron chi connectivity index (χ2n) is 8.12. The molecular formula is C25H28N2O3. The number of piperidine rings is 1. The molecule has 2 aromatic carbocycles. The van der Waals surface area contributed by atoms with Crippen molar-refractivity contribution >= 4 is 17.4 Å². The van der Waals surface area contributed by atoms with Crippen molar-refractivity contribution in [2.75, 3.05) is 26.7 Å². The Balaban J connectivity index is 1.65. The van der Waals surface area contributed by atoms with Gasteiger partial charge in [0.2, 0.25) is 0 Å². The molecule has 0 aromatic heterocycles. The van der Waals surface area contributed by atoms with Crippen molar-refractivity contribution in [1.29, 1.82) is 0 Å². The number of hydrogen-bond donors (Lipinski definition) is 0. The summed E-state index contributed by atoms with van der Waals surface area (Å²) in [5, 5.41) is 0. The first-order valence-electron chi connectivity index (χ1n) is 10.6. The molecule has 0 unspecified atom stereocenters. The molecule has 1 fully saturated rings. The fraction of sp³-hybridized carbons (Fsp3) is 0.360. The summed E-state index contributed by atoms with van der Waals surface area (Å²) in [6, 6.07) is 17.4. The van der Waals surface area contributed by atoms with Crippen molar-refractivity contribution in [1.82, 2.24) is 9.80 Å². The molecule has 0 spiro atoms. The van der Waals surface area contributed by atoms with Crippen molar-refractivity contribution in [3.8, 4) is 5.75 Å². The lowest BCUT2D eigenvalue weighted by atomic mass is 9.97. The van der Waals surface area contributed by atoms with E-state index in [4.69, 9.17) is 4.74 Å². The van der Waals surface area contributed by atoms with Crippen molar-refractivity contribution in [2.45, 2.75) is 26.2 Å². The zero-order valence-corrected chi connectivity index (χ0v) is 17.6. The Bertz CT molecular complexity index is 942. The minimum atomic E-state index is -0.199. The Kier molecular flexibility index (Phi) is 5.88. The third-order valence-electron chi connectivity index (χ3n) is 6.09. The van der Waals surface area contributed by atoms with E-state index in [0.717, 1.165) is 42.8 Å². The molecule has 0 aliphatic carbocycles. The van der Waals surface area contributed by atoms with Gasteiger partial charge in [0.1, 0.15) is 11.4 Å². The second-order valence-corrected chi connectivity index (χ2v) is 8.12. The molecule has 0 bridgehead atoms. The van der Waals surface area contributed by atoms with Crippen LogP contribution in [0.3, 0.4) is 0 Å². The normalized spacial score (nSPS) is 17.8. The summed E-state index contributed by atoms with van der Waals surface area (Å²) in [4.78, 5) is 30.3. The highest BCUT2D eigenvalue weighted by Crippen LogP contribution is 2.34. The first-order chi connectivity index (χ1) is 14.6. The van der Waals surface area contributed by atoms with E-state index in [0.29, 0.717) is 30.2 Å². The lowest BCUT2D eigenvalue weighted by molar-refractivity contribution is -0.137. The molecular weight excluding hydrogens is 376 g/mol. The molecule has 2 aliphatic heterocycles. The Labute approximate surface area is 177 Å². The van der Waals surface area contributed by atoms with Gasteiger partial charge in [-0.1, -0.05) is 49.4 Å². The monoisotopic (exact) mass is 404 g/mol. The molecule has 1 saturated heterocycles. The molecule has 5 heteroatoms. The van der Waals surface area contributed by atoms with Gasteiger partial charge in [-0.05, 0) is 48.4 Å². The first-order valence-corrected chi connectivity index (χ1v) is 10.6. The van der Waals surface area contributed by atoms with E-state index >= 15 is 0 Å². The Morgan fingerprint density at radius 3 is 2.23 bits per heavy atom. The van der Waals surface area contributed by atoms with Crippen LogP contribution in [0.2, 0.25) is 0 Å². The number of likely N-dealkylation sites (tertiary alicyclic amines) is 1. The fourth-order valence-electron chi connectivity index (χ4n) is 4.20. The number of ether oxygens (including phenoxy) is 1. The van der Waals surface area contributed by atoms with Crippen molar-refractivity contribution in [2.24, 2.45) is 5.92 Å². The maximum Gasteiger partial charge on any atom is 0.277 e. The van der Waals surface area contributed by atoms with Crippen LogP contribution in [0, 0.1) is 5.92 Å². The van der Waals surface area contributed by atoms with Crippen LogP contribution in [-0.2, 0) is 16.0 Å². The highest BCUT2D eigenvalue weighted by Gasteiger charge is 2.41. The molecule has 156 valence electrons. The standard InChI is InChI=1S/C25H28N2O3/c1-18-12-15-26(16-13-18)23-22(20-8-10-21(30-2)11-9-20)24(28)27(25(23)29)17-14-19-6-4-3-5-7-19/h3-11,18H,12-17H2,1-2H3. The predicted molar refractivity (Wildman–Crippen MR) is 117 cm³/mol. The number of amides is 2. The van der Waals surface area contributed by atoms with Gasteiger partial charge in [0.05, 0.1) is 12.7 Å². The van der Waals surface area contributed by atoms with E-state index in [1.165, 1.54) is 4.90 Å². The predicted octanol–water partition coefficient (Wildman–Crippen LogP) is 3.75. The molecule has 2 aromatic rings. The SMILES string of the molecule is COc1ccc(C2=C(N3CCC(C)CC3)C(=O)N(CCc3ccccc3)C2=O)cc1. The quantitative estimate of drug-likeness (QED) is 0.688. The van der Waals surface area contributed by atoms with Crippen molar-refractivity contribution in [3.05, 3.63) is 71.4 Å². The number of rotatable bonds is 6. The molecule has 2 amide bonds. The largest absolute Gasteiger partial charge is 0.497 e. The van der Waals surface area contributed by atoms with Crippen LogP contribution in [0.1, 0.15) is 30.9 Å². The number of carbonyl (C=O) groups is 2. The lowest BCUT2D eigenvalue weighted by Gasteiger charge is -2.32. The minimum absolute atomic E-state index is 0.170. The van der Waals surface area contributed by atoms with Crippen LogP contribution < -0.4 is 4.74 Å². The van der Waals surface area contributed by atoms with Gasteiger partial charge >= 0.3 is 0 Å². The smallest absolute Gasteiger partial charge is 0.277 e. The Morgan fingerprint density at radius 2 is 1.60 bits per heavy atom. The van der Waals surface area contributed by atoms with E-state index < -0.39 is 0 Å². The number of imide groups is 1. The highest BCUT2D eigenvalue weighted by atomic mass is 16.5. The Morgan fingerprint density at radius 1 is 0.933 bits per heavy atom. The summed E-state index contributed by atoms with van der Waals surface area (Å²) < 4.78 is 5.25. The van der Waals surface area contributed by atoms with Gasteiger partial charge in [0.15, 0.2) is 0 Å². The van der Waals surface area contributed by atoms with Crippen LogP contribution in [0.4, 0.5) is 0 Å². The maximum atomic E-state index is 13.4. The third-order valence-corrected chi connectivity index (χ3v) is 6.09. The molecule has 2 aliphatic rings. The topological polar surface area (TPSA) is 49.9 Å². The summed E-state index contributed by atoms with van der Waals surface area (Å²) in [5.74, 6) is 1.00. The van der Waals surface area contributed by atoms with E-state index in [2.05, 4.69) is 11.8 Å². The first kappa shape index (κ1) is 20.2. The summed E-state index contributed by atoms with van der Waals surface area (Å²) >= 11 is 0. The second kappa shape index (κ2) is 8.74. The third kappa shape index (κ3) is 3.97. The van der Waals surface area contributed by atoms with E-state index in [1.54, 1.807) is 7.11 Å². The van der Waals surface area contributed by atoms with Crippen molar-refractivity contribution < 1.29 is 14.3 Å². The molecule has 30 heavy (non-hydrogen) atoms. The molecule has 4 rings (SSSR count). The molecule has 0 atom stereocenters. The average molecular weight is 405 g/mol. The molecule has 0 radical (unpaired) electrons. The van der Waals surface area contributed by atoms with Gasteiger partial charge in [0.25, 0.3) is 11.8 Å². The number of nitrogens with zero attached hydrogens (tertiary/aromatic N) is 2. The zero-order chi connectivity index (χ0) is 21.1. The van der Waals surface area contributed by atoms with Gasteiger partial charge < -0.3 is 9.64 Å². The number of benzene rings is 2. The average Bonchev–Trinajstić information content (AvgIpc) is 3.03. The molecule has 5 nitrogen and oxygen atoms in total. The molecule has 0 N–H and O–H groups in total. The van der Waals surface area contributed by atoms with Gasteiger partial charge in [0, 0.05) is 19.6 Å². The molecule has 2 heterocycles. The van der Waals surface area contributed by atoms with Crippen LogP contribution in [0.25, 0.3) is 5.57 Å².